The summed E-state index contributed by atoms with van der Waals surface area (Å²) in [5.41, 5.74) is 6.88. The Balaban J connectivity index is 2.17. The Kier molecular flexibility index (Phi) is 5.24. The number of halogens is 1. The average Bonchev–Trinajstić information content (AvgIpc) is 2.44. The monoisotopic (exact) mass is 325 g/mol. The van der Waals surface area contributed by atoms with Gasteiger partial charge in [0.15, 0.2) is 0 Å². The maximum Gasteiger partial charge on any atom is 0.271 e. The molecule has 7 heteroatoms. The summed E-state index contributed by atoms with van der Waals surface area (Å²) in [6.07, 6.45) is 3.24. The van der Waals surface area contributed by atoms with E-state index in [1.165, 1.54) is 6.07 Å². The van der Waals surface area contributed by atoms with Crippen LogP contribution in [-0.4, -0.2) is 23.9 Å². The molecule has 1 aromatic rings. The molecule has 1 saturated heterocycles. The van der Waals surface area contributed by atoms with Crippen molar-refractivity contribution in [3.63, 3.8) is 0 Å². The lowest BCUT2D eigenvalue weighted by Crippen LogP contribution is -2.36. The van der Waals surface area contributed by atoms with E-state index in [9.17, 15) is 14.9 Å². The second-order valence-electron chi connectivity index (χ2n) is 5.81. The molecule has 6 nitrogen and oxygen atoms in total. The van der Waals surface area contributed by atoms with Gasteiger partial charge < -0.3 is 10.6 Å². The largest absolute Gasteiger partial charge is 0.370 e. The topological polar surface area (TPSA) is 89.5 Å². The van der Waals surface area contributed by atoms with E-state index in [1.807, 2.05) is 6.92 Å². The third-order valence-corrected chi connectivity index (χ3v) is 4.37. The summed E-state index contributed by atoms with van der Waals surface area (Å²) in [4.78, 5) is 23.5. The third kappa shape index (κ3) is 3.88. The van der Waals surface area contributed by atoms with Gasteiger partial charge in [0.25, 0.3) is 5.69 Å². The molecule has 1 heterocycles. The van der Waals surface area contributed by atoms with Crippen LogP contribution in [0.1, 0.15) is 31.2 Å². The number of piperidine rings is 1. The Bertz CT molecular complexity index is 568. The summed E-state index contributed by atoms with van der Waals surface area (Å²) in [7, 11) is 0. The Morgan fingerprint density at radius 2 is 2.27 bits per heavy atom. The number of hydrogen-bond donors (Lipinski definition) is 1. The van der Waals surface area contributed by atoms with Crippen molar-refractivity contribution in [1.82, 2.24) is 0 Å². The average molecular weight is 326 g/mol. The van der Waals surface area contributed by atoms with Crippen LogP contribution in [0.25, 0.3) is 0 Å². The third-order valence-electron chi connectivity index (χ3n) is 4.08. The highest BCUT2D eigenvalue weighted by molar-refractivity contribution is 6.33. The number of rotatable bonds is 5. The number of nitrogens with zero attached hydrogens (tertiary/aromatic N) is 2. The molecule has 0 saturated carbocycles. The molecule has 120 valence electrons. The van der Waals surface area contributed by atoms with E-state index in [-0.39, 0.29) is 11.6 Å². The first kappa shape index (κ1) is 16.5. The van der Waals surface area contributed by atoms with Crippen molar-refractivity contribution < 1.29 is 9.72 Å². The zero-order chi connectivity index (χ0) is 16.3. The molecule has 0 bridgehead atoms. The van der Waals surface area contributed by atoms with Crippen LogP contribution < -0.4 is 10.6 Å². The predicted molar refractivity (Wildman–Crippen MR) is 86.2 cm³/mol. The first-order valence-corrected chi connectivity index (χ1v) is 7.74. The van der Waals surface area contributed by atoms with Gasteiger partial charge in [-0.05, 0) is 37.7 Å². The zero-order valence-electron chi connectivity index (χ0n) is 12.5. The molecule has 1 atom stereocenters. The minimum absolute atomic E-state index is 0.00791. The number of nitro groups is 1. The standard InChI is InChI=1S/C15H20ClN3O3/c1-10-7-12(19(21)22)8-13(16)15(10)18-6-2-3-11(9-18)4-5-14(17)20/h7-8,11H,2-6,9H2,1H3,(H2,17,20). The highest BCUT2D eigenvalue weighted by Crippen LogP contribution is 2.36. The Morgan fingerprint density at radius 3 is 2.86 bits per heavy atom. The number of hydrogen-bond acceptors (Lipinski definition) is 4. The van der Waals surface area contributed by atoms with Crippen molar-refractivity contribution in [1.29, 1.82) is 0 Å². The quantitative estimate of drug-likeness (QED) is 0.665. The molecule has 0 aliphatic carbocycles. The summed E-state index contributed by atoms with van der Waals surface area (Å²) < 4.78 is 0. The maximum atomic E-state index is 10.9. The normalized spacial score (nSPS) is 18.3. The summed E-state index contributed by atoms with van der Waals surface area (Å²) in [5.74, 6) is 0.119. The van der Waals surface area contributed by atoms with Crippen molar-refractivity contribution in [3.05, 3.63) is 32.8 Å². The Labute approximate surface area is 134 Å². The lowest BCUT2D eigenvalue weighted by molar-refractivity contribution is -0.384. The van der Waals surface area contributed by atoms with E-state index in [4.69, 9.17) is 17.3 Å². The molecule has 2 N–H and O–H groups in total. The number of benzene rings is 1. The molecule has 1 aliphatic heterocycles. The number of primary amides is 1. The first-order chi connectivity index (χ1) is 10.4. The lowest BCUT2D eigenvalue weighted by atomic mass is 9.92. The van der Waals surface area contributed by atoms with Crippen LogP contribution in [0, 0.1) is 23.0 Å². The Hall–Kier alpha value is -1.82. The SMILES string of the molecule is Cc1cc([N+](=O)[O-])cc(Cl)c1N1CCCC(CCC(N)=O)C1. The summed E-state index contributed by atoms with van der Waals surface area (Å²) in [6.45, 7) is 3.50. The van der Waals surface area contributed by atoms with Gasteiger partial charge in [-0.3, -0.25) is 14.9 Å². The van der Waals surface area contributed by atoms with Crippen molar-refractivity contribution in [2.75, 3.05) is 18.0 Å². The lowest BCUT2D eigenvalue weighted by Gasteiger charge is -2.35. The van der Waals surface area contributed by atoms with Gasteiger partial charge in [-0.25, -0.2) is 0 Å². The fraction of sp³-hybridized carbons (Fsp3) is 0.533. The number of nitrogens with two attached hydrogens (primary N) is 1. The predicted octanol–water partition coefficient (Wildman–Crippen LogP) is 3.04. The molecule has 1 aliphatic rings. The highest BCUT2D eigenvalue weighted by Gasteiger charge is 2.24. The van der Waals surface area contributed by atoms with E-state index in [1.54, 1.807) is 6.07 Å². The number of non-ortho nitro benzene ring substituents is 1. The number of carbonyl (C=O) groups is 1. The van der Waals surface area contributed by atoms with E-state index < -0.39 is 4.92 Å². The van der Waals surface area contributed by atoms with E-state index in [2.05, 4.69) is 4.90 Å². The summed E-state index contributed by atoms with van der Waals surface area (Å²) in [5, 5.41) is 11.3. The fourth-order valence-electron chi connectivity index (χ4n) is 3.07. The van der Waals surface area contributed by atoms with Gasteiger partial charge in [-0.1, -0.05) is 11.6 Å². The molecule has 1 fully saturated rings. The molecule has 0 spiro atoms. The van der Waals surface area contributed by atoms with Gasteiger partial charge in [0.05, 0.1) is 15.6 Å². The van der Waals surface area contributed by atoms with E-state index in [0.717, 1.165) is 43.6 Å². The zero-order valence-corrected chi connectivity index (χ0v) is 13.3. The molecule has 22 heavy (non-hydrogen) atoms. The van der Waals surface area contributed by atoms with E-state index in [0.29, 0.717) is 17.4 Å². The van der Waals surface area contributed by atoms with Gasteiger partial charge in [-0.2, -0.15) is 0 Å². The second kappa shape index (κ2) is 6.96. The van der Waals surface area contributed by atoms with Gasteiger partial charge in [0.2, 0.25) is 5.91 Å². The van der Waals surface area contributed by atoms with Crippen LogP contribution in [0.3, 0.4) is 0 Å². The Morgan fingerprint density at radius 1 is 1.55 bits per heavy atom. The number of anilines is 1. The van der Waals surface area contributed by atoms with Gasteiger partial charge in [0.1, 0.15) is 0 Å². The first-order valence-electron chi connectivity index (χ1n) is 7.36. The number of nitro benzene ring substituents is 1. The van der Waals surface area contributed by atoms with Crippen LogP contribution >= 0.6 is 11.6 Å². The molecular weight excluding hydrogens is 306 g/mol. The van der Waals surface area contributed by atoms with Crippen LogP contribution in [0.5, 0.6) is 0 Å². The molecule has 0 radical (unpaired) electrons. The highest BCUT2D eigenvalue weighted by atomic mass is 35.5. The van der Waals surface area contributed by atoms with Crippen LogP contribution in [0.4, 0.5) is 11.4 Å². The number of aryl methyl sites for hydroxylation is 1. The molecular formula is C15H20ClN3O3. The minimum atomic E-state index is -0.436. The van der Waals surface area contributed by atoms with Crippen molar-refractivity contribution in [2.24, 2.45) is 11.7 Å². The summed E-state index contributed by atoms with van der Waals surface area (Å²) in [6, 6.07) is 2.95. The summed E-state index contributed by atoms with van der Waals surface area (Å²) >= 11 is 6.27. The molecule has 1 aromatic carbocycles. The van der Waals surface area contributed by atoms with Crippen molar-refractivity contribution in [2.45, 2.75) is 32.6 Å². The minimum Gasteiger partial charge on any atom is -0.370 e. The maximum absolute atomic E-state index is 10.9. The molecule has 0 aromatic heterocycles. The van der Waals surface area contributed by atoms with Crippen LogP contribution in [0.2, 0.25) is 5.02 Å². The molecule has 1 unspecified atom stereocenters. The van der Waals surface area contributed by atoms with Gasteiger partial charge >= 0.3 is 0 Å². The van der Waals surface area contributed by atoms with Crippen LogP contribution in [0.15, 0.2) is 12.1 Å². The van der Waals surface area contributed by atoms with E-state index >= 15 is 0 Å². The smallest absolute Gasteiger partial charge is 0.271 e. The number of amides is 1. The fourth-order valence-corrected chi connectivity index (χ4v) is 3.45. The molecule has 2 rings (SSSR count). The second-order valence-corrected chi connectivity index (χ2v) is 6.22. The van der Waals surface area contributed by atoms with Gasteiger partial charge in [-0.15, -0.1) is 0 Å². The van der Waals surface area contributed by atoms with Crippen molar-refractivity contribution >= 4 is 28.9 Å². The van der Waals surface area contributed by atoms with Gasteiger partial charge in [0, 0.05) is 31.6 Å². The van der Waals surface area contributed by atoms with Crippen molar-refractivity contribution in [3.8, 4) is 0 Å². The molecule has 1 amide bonds. The number of carbonyl (C=O) groups excluding carboxylic acids is 1. The van der Waals surface area contributed by atoms with Crippen LogP contribution in [-0.2, 0) is 4.79 Å².